The van der Waals surface area contributed by atoms with Gasteiger partial charge in [0.25, 0.3) is 0 Å². The standard InChI is InChI=1S/C8H3BrFN3O3S/c9-7-11-12-8(17-7)16-6-2-1-4(10)3-5(6)13(14)15/h1-3H. The van der Waals surface area contributed by atoms with E-state index in [9.17, 15) is 14.5 Å². The number of halogens is 2. The molecule has 0 amide bonds. The molecular formula is C8H3BrFN3O3S. The lowest BCUT2D eigenvalue weighted by atomic mass is 10.3. The van der Waals surface area contributed by atoms with Crippen LogP contribution in [0.15, 0.2) is 22.1 Å². The molecule has 0 aliphatic heterocycles. The molecule has 0 aliphatic carbocycles. The van der Waals surface area contributed by atoms with Gasteiger partial charge in [0.1, 0.15) is 5.82 Å². The van der Waals surface area contributed by atoms with Gasteiger partial charge in [-0.15, -0.1) is 5.10 Å². The van der Waals surface area contributed by atoms with Gasteiger partial charge in [-0.3, -0.25) is 10.1 Å². The molecule has 88 valence electrons. The summed E-state index contributed by atoms with van der Waals surface area (Å²) >= 11 is 4.14. The van der Waals surface area contributed by atoms with Crippen LogP contribution in [0.1, 0.15) is 0 Å². The molecule has 9 heteroatoms. The monoisotopic (exact) mass is 319 g/mol. The minimum Gasteiger partial charge on any atom is -0.422 e. The van der Waals surface area contributed by atoms with Crippen LogP contribution < -0.4 is 4.74 Å². The Balaban J connectivity index is 2.35. The minimum atomic E-state index is -0.728. The van der Waals surface area contributed by atoms with Crippen LogP contribution in [-0.2, 0) is 0 Å². The first-order valence-electron chi connectivity index (χ1n) is 4.17. The van der Waals surface area contributed by atoms with E-state index in [0.717, 1.165) is 23.5 Å². The predicted molar refractivity (Wildman–Crippen MR) is 60.7 cm³/mol. The van der Waals surface area contributed by atoms with Crippen molar-refractivity contribution in [1.82, 2.24) is 10.2 Å². The van der Waals surface area contributed by atoms with Crippen molar-refractivity contribution in [2.75, 3.05) is 0 Å². The second kappa shape index (κ2) is 4.72. The van der Waals surface area contributed by atoms with E-state index in [1.807, 2.05) is 0 Å². The molecule has 0 saturated heterocycles. The van der Waals surface area contributed by atoms with E-state index in [1.54, 1.807) is 0 Å². The fraction of sp³-hybridized carbons (Fsp3) is 0. The van der Waals surface area contributed by atoms with Gasteiger partial charge in [-0.2, -0.15) is 0 Å². The summed E-state index contributed by atoms with van der Waals surface area (Å²) in [5.74, 6) is -0.789. The van der Waals surface area contributed by atoms with E-state index >= 15 is 0 Å². The Kier molecular flexibility index (Phi) is 3.29. The molecular weight excluding hydrogens is 317 g/mol. The van der Waals surface area contributed by atoms with Crippen molar-refractivity contribution < 1.29 is 14.1 Å². The molecule has 0 fully saturated rings. The maximum atomic E-state index is 12.9. The van der Waals surface area contributed by atoms with Gasteiger partial charge >= 0.3 is 10.9 Å². The summed E-state index contributed by atoms with van der Waals surface area (Å²) in [4.78, 5) is 9.96. The Labute approximate surface area is 106 Å². The van der Waals surface area contributed by atoms with Gasteiger partial charge in [-0.1, -0.05) is 5.10 Å². The molecule has 6 nitrogen and oxygen atoms in total. The molecule has 2 rings (SSSR count). The third-order valence-electron chi connectivity index (χ3n) is 1.70. The fourth-order valence-corrected chi connectivity index (χ4v) is 1.98. The highest BCUT2D eigenvalue weighted by Gasteiger charge is 2.18. The lowest BCUT2D eigenvalue weighted by Gasteiger charge is -2.01. The molecule has 2 aromatic rings. The number of hydrogen-bond donors (Lipinski definition) is 0. The van der Waals surface area contributed by atoms with Gasteiger partial charge in [0.05, 0.1) is 11.0 Å². The lowest BCUT2D eigenvalue weighted by Crippen LogP contribution is -1.94. The minimum absolute atomic E-state index is 0.0833. The first kappa shape index (κ1) is 11.9. The van der Waals surface area contributed by atoms with Crippen molar-refractivity contribution in [3.8, 4) is 10.9 Å². The van der Waals surface area contributed by atoms with Crippen LogP contribution in [0.3, 0.4) is 0 Å². The maximum absolute atomic E-state index is 12.9. The SMILES string of the molecule is O=[N+]([O-])c1cc(F)ccc1Oc1nnc(Br)s1. The maximum Gasteiger partial charge on any atom is 0.314 e. The number of nitro benzene ring substituents is 1. The summed E-state index contributed by atoms with van der Waals surface area (Å²) in [7, 11) is 0. The summed E-state index contributed by atoms with van der Waals surface area (Å²) in [5, 5.41) is 18.1. The van der Waals surface area contributed by atoms with Crippen LogP contribution in [0.4, 0.5) is 10.1 Å². The first-order chi connectivity index (χ1) is 8.06. The number of aromatic nitrogens is 2. The Morgan fingerprint density at radius 3 is 2.82 bits per heavy atom. The summed E-state index contributed by atoms with van der Waals surface area (Å²) in [6.07, 6.45) is 0. The molecule has 0 unspecified atom stereocenters. The van der Waals surface area contributed by atoms with Crippen molar-refractivity contribution in [2.24, 2.45) is 0 Å². The van der Waals surface area contributed by atoms with E-state index in [1.165, 1.54) is 6.07 Å². The summed E-state index contributed by atoms with van der Waals surface area (Å²) in [5.41, 5.74) is -0.462. The van der Waals surface area contributed by atoms with Crippen LogP contribution in [0.5, 0.6) is 10.9 Å². The molecule has 1 aromatic heterocycles. The topological polar surface area (TPSA) is 78.2 Å². The zero-order valence-corrected chi connectivity index (χ0v) is 10.4. The van der Waals surface area contributed by atoms with Gasteiger partial charge in [0, 0.05) is 0 Å². The lowest BCUT2D eigenvalue weighted by molar-refractivity contribution is -0.385. The fourth-order valence-electron chi connectivity index (χ4n) is 1.05. The molecule has 0 radical (unpaired) electrons. The number of ether oxygens (including phenoxy) is 1. The summed E-state index contributed by atoms with van der Waals surface area (Å²) in [6.45, 7) is 0. The number of hydrogen-bond acceptors (Lipinski definition) is 6. The number of rotatable bonds is 3. The van der Waals surface area contributed by atoms with Gasteiger partial charge in [0.2, 0.25) is 5.75 Å². The highest BCUT2D eigenvalue weighted by atomic mass is 79.9. The molecule has 0 spiro atoms. The van der Waals surface area contributed by atoms with Gasteiger partial charge < -0.3 is 4.74 Å². The van der Waals surface area contributed by atoms with Crippen molar-refractivity contribution in [3.05, 3.63) is 38.0 Å². The van der Waals surface area contributed by atoms with E-state index in [2.05, 4.69) is 26.1 Å². The van der Waals surface area contributed by atoms with Crippen LogP contribution in [0, 0.1) is 15.9 Å². The number of benzene rings is 1. The van der Waals surface area contributed by atoms with Crippen LogP contribution >= 0.6 is 27.3 Å². The highest BCUT2D eigenvalue weighted by molar-refractivity contribution is 9.11. The quantitative estimate of drug-likeness (QED) is 0.641. The number of nitro groups is 1. The van der Waals surface area contributed by atoms with Crippen molar-refractivity contribution in [3.63, 3.8) is 0 Å². The Bertz CT molecular complexity index is 577. The van der Waals surface area contributed by atoms with Gasteiger partial charge in [0.15, 0.2) is 3.92 Å². The van der Waals surface area contributed by atoms with Crippen molar-refractivity contribution in [2.45, 2.75) is 0 Å². The van der Waals surface area contributed by atoms with E-state index in [0.29, 0.717) is 3.92 Å². The molecule has 0 aliphatic rings. The predicted octanol–water partition coefficient (Wildman–Crippen LogP) is 3.14. The number of nitrogens with zero attached hydrogens (tertiary/aromatic N) is 3. The van der Waals surface area contributed by atoms with E-state index in [-0.39, 0.29) is 10.9 Å². The highest BCUT2D eigenvalue weighted by Crippen LogP contribution is 2.33. The largest absolute Gasteiger partial charge is 0.422 e. The second-order valence-electron chi connectivity index (χ2n) is 2.79. The smallest absolute Gasteiger partial charge is 0.314 e. The first-order valence-corrected chi connectivity index (χ1v) is 5.78. The van der Waals surface area contributed by atoms with Gasteiger partial charge in [-0.25, -0.2) is 4.39 Å². The zero-order valence-electron chi connectivity index (χ0n) is 7.96. The normalized spacial score (nSPS) is 10.2. The van der Waals surface area contributed by atoms with Gasteiger partial charge in [-0.05, 0) is 39.4 Å². The van der Waals surface area contributed by atoms with Crippen molar-refractivity contribution >= 4 is 33.0 Å². The third-order valence-corrected chi connectivity index (χ3v) is 2.93. The molecule has 0 atom stereocenters. The van der Waals surface area contributed by atoms with Crippen LogP contribution in [0.2, 0.25) is 0 Å². The summed E-state index contributed by atoms with van der Waals surface area (Å²) in [6, 6.07) is 3.02. The van der Waals surface area contributed by atoms with E-state index in [4.69, 9.17) is 4.74 Å². The molecule has 1 aromatic carbocycles. The third kappa shape index (κ3) is 2.74. The average Bonchev–Trinajstić information content (AvgIpc) is 2.66. The Morgan fingerprint density at radius 2 is 2.24 bits per heavy atom. The molecule has 0 saturated carbocycles. The second-order valence-corrected chi connectivity index (χ2v) is 5.01. The summed E-state index contributed by atoms with van der Waals surface area (Å²) < 4.78 is 18.5. The molecule has 17 heavy (non-hydrogen) atoms. The molecule has 1 heterocycles. The van der Waals surface area contributed by atoms with E-state index < -0.39 is 16.4 Å². The van der Waals surface area contributed by atoms with Crippen molar-refractivity contribution in [1.29, 1.82) is 0 Å². The molecule has 0 bridgehead atoms. The van der Waals surface area contributed by atoms with Crippen LogP contribution in [-0.4, -0.2) is 15.1 Å². The van der Waals surface area contributed by atoms with Crippen LogP contribution in [0.25, 0.3) is 0 Å². The Morgan fingerprint density at radius 1 is 1.47 bits per heavy atom. The Hall–Kier alpha value is -1.61. The zero-order chi connectivity index (χ0) is 12.4. The average molecular weight is 320 g/mol. The molecule has 0 N–H and O–H groups in total.